The molecule has 0 radical (unpaired) electrons. The number of piperidine rings is 1. The Kier molecular flexibility index (Phi) is 6.64. The zero-order valence-corrected chi connectivity index (χ0v) is 20.2. The third-order valence-electron chi connectivity index (χ3n) is 6.43. The highest BCUT2D eigenvalue weighted by molar-refractivity contribution is 7.89. The van der Waals surface area contributed by atoms with Crippen LogP contribution >= 0.6 is 0 Å². The van der Waals surface area contributed by atoms with Crippen LogP contribution in [0.3, 0.4) is 0 Å². The van der Waals surface area contributed by atoms with Crippen molar-refractivity contribution < 1.29 is 17.5 Å². The van der Waals surface area contributed by atoms with E-state index in [2.05, 4.69) is 9.62 Å². The predicted molar refractivity (Wildman–Crippen MR) is 131 cm³/mol. The van der Waals surface area contributed by atoms with Gasteiger partial charge in [0.1, 0.15) is 11.6 Å². The highest BCUT2D eigenvalue weighted by Crippen LogP contribution is 2.34. The van der Waals surface area contributed by atoms with Crippen molar-refractivity contribution in [3.63, 3.8) is 0 Å². The molecule has 1 aliphatic heterocycles. The average molecular weight is 471 g/mol. The van der Waals surface area contributed by atoms with Crippen LogP contribution in [0.25, 0.3) is 10.8 Å². The average Bonchev–Trinajstić information content (AvgIpc) is 2.82. The first-order valence-electron chi connectivity index (χ1n) is 11.3. The number of fused-ring (bicyclic) bond motifs is 1. The van der Waals surface area contributed by atoms with Crippen molar-refractivity contribution in [3.8, 4) is 5.75 Å². The summed E-state index contributed by atoms with van der Waals surface area (Å²) in [6.07, 6.45) is 3.36. The molecule has 1 N–H and O–H groups in total. The molecule has 0 bridgehead atoms. The third-order valence-corrected chi connectivity index (χ3v) is 7.83. The Hall–Kier alpha value is -2.64. The Morgan fingerprint density at radius 3 is 2.52 bits per heavy atom. The van der Waals surface area contributed by atoms with Crippen LogP contribution in [0.5, 0.6) is 5.75 Å². The molecule has 33 heavy (non-hydrogen) atoms. The van der Waals surface area contributed by atoms with Crippen LogP contribution in [0.4, 0.5) is 10.1 Å². The maximum atomic E-state index is 13.7. The second kappa shape index (κ2) is 9.31. The zero-order chi connectivity index (χ0) is 23.6. The number of halogens is 1. The highest BCUT2D eigenvalue weighted by Gasteiger charge is 2.27. The SMILES string of the molecule is COc1ccc(S(=O)(=O)NCC(C)(C)c2cccc3cc(F)ccc23)cc1N1CCCCC1. The van der Waals surface area contributed by atoms with Gasteiger partial charge in [0.15, 0.2) is 0 Å². The first-order valence-corrected chi connectivity index (χ1v) is 12.8. The number of rotatable bonds is 7. The Bertz CT molecular complexity index is 1250. The van der Waals surface area contributed by atoms with E-state index in [1.165, 1.54) is 18.6 Å². The van der Waals surface area contributed by atoms with Gasteiger partial charge in [-0.1, -0.05) is 38.1 Å². The van der Waals surface area contributed by atoms with E-state index in [4.69, 9.17) is 4.74 Å². The summed E-state index contributed by atoms with van der Waals surface area (Å²) >= 11 is 0. The van der Waals surface area contributed by atoms with E-state index >= 15 is 0 Å². The first-order chi connectivity index (χ1) is 15.7. The zero-order valence-electron chi connectivity index (χ0n) is 19.4. The topological polar surface area (TPSA) is 58.6 Å². The van der Waals surface area contributed by atoms with Crippen LogP contribution in [0.1, 0.15) is 38.7 Å². The van der Waals surface area contributed by atoms with Crippen molar-refractivity contribution in [2.24, 2.45) is 0 Å². The van der Waals surface area contributed by atoms with Gasteiger partial charge in [-0.05, 0) is 65.9 Å². The number of anilines is 1. The summed E-state index contributed by atoms with van der Waals surface area (Å²) in [6, 6.07) is 15.4. The lowest BCUT2D eigenvalue weighted by atomic mass is 9.82. The maximum absolute atomic E-state index is 13.7. The van der Waals surface area contributed by atoms with E-state index in [0.717, 1.165) is 48.0 Å². The molecule has 1 fully saturated rings. The van der Waals surface area contributed by atoms with E-state index in [9.17, 15) is 12.8 Å². The smallest absolute Gasteiger partial charge is 0.240 e. The lowest BCUT2D eigenvalue weighted by molar-refractivity contribution is 0.412. The number of methoxy groups -OCH3 is 1. The lowest BCUT2D eigenvalue weighted by Crippen LogP contribution is -2.37. The van der Waals surface area contributed by atoms with Gasteiger partial charge in [0, 0.05) is 25.0 Å². The molecule has 176 valence electrons. The van der Waals surface area contributed by atoms with Crippen molar-refractivity contribution in [1.29, 1.82) is 0 Å². The van der Waals surface area contributed by atoms with Crippen molar-refractivity contribution in [2.75, 3.05) is 31.6 Å². The van der Waals surface area contributed by atoms with Gasteiger partial charge >= 0.3 is 0 Å². The molecule has 3 aromatic rings. The minimum atomic E-state index is -3.74. The van der Waals surface area contributed by atoms with Crippen molar-refractivity contribution >= 4 is 26.5 Å². The molecule has 3 aromatic carbocycles. The van der Waals surface area contributed by atoms with Gasteiger partial charge in [-0.2, -0.15) is 0 Å². The summed E-state index contributed by atoms with van der Waals surface area (Å²) in [5, 5.41) is 1.71. The Labute approximate surface area is 195 Å². The molecule has 0 saturated carbocycles. The van der Waals surface area contributed by atoms with Crippen LogP contribution in [0, 0.1) is 5.82 Å². The van der Waals surface area contributed by atoms with Gasteiger partial charge in [-0.3, -0.25) is 0 Å². The summed E-state index contributed by atoms with van der Waals surface area (Å²) in [6.45, 7) is 5.96. The van der Waals surface area contributed by atoms with Crippen LogP contribution < -0.4 is 14.4 Å². The second-order valence-electron chi connectivity index (χ2n) is 9.26. The third kappa shape index (κ3) is 4.99. The number of nitrogens with zero attached hydrogens (tertiary/aromatic N) is 1. The summed E-state index contributed by atoms with van der Waals surface area (Å²) in [5.41, 5.74) is 1.27. The molecule has 0 amide bonds. The molecule has 4 rings (SSSR count). The van der Waals surface area contributed by atoms with Gasteiger partial charge in [-0.25, -0.2) is 17.5 Å². The van der Waals surface area contributed by atoms with Crippen LogP contribution in [0.2, 0.25) is 0 Å². The number of sulfonamides is 1. The maximum Gasteiger partial charge on any atom is 0.240 e. The normalized spacial score (nSPS) is 15.1. The fourth-order valence-corrected chi connectivity index (χ4v) is 5.75. The molecule has 7 heteroatoms. The minimum Gasteiger partial charge on any atom is -0.495 e. The number of hydrogen-bond acceptors (Lipinski definition) is 4. The van der Waals surface area contributed by atoms with Crippen LogP contribution in [-0.4, -0.2) is 35.2 Å². The molecule has 1 aliphatic rings. The fourth-order valence-electron chi connectivity index (χ4n) is 4.52. The number of nitrogens with one attached hydrogen (secondary N) is 1. The predicted octanol–water partition coefficient (Wildman–Crippen LogP) is 5.23. The Morgan fingerprint density at radius 1 is 1.03 bits per heavy atom. The molecule has 0 aliphatic carbocycles. The molecule has 1 saturated heterocycles. The summed E-state index contributed by atoms with van der Waals surface area (Å²) in [5.74, 6) is 0.390. The van der Waals surface area contributed by atoms with Gasteiger partial charge < -0.3 is 9.64 Å². The summed E-state index contributed by atoms with van der Waals surface area (Å²) in [4.78, 5) is 2.42. The van der Waals surface area contributed by atoms with E-state index < -0.39 is 15.4 Å². The molecular weight excluding hydrogens is 439 g/mol. The number of ether oxygens (including phenoxy) is 1. The van der Waals surface area contributed by atoms with E-state index in [1.54, 1.807) is 31.4 Å². The number of benzene rings is 3. The standard InChI is InChI=1S/C26H31FN2O3S/c1-26(2,23-9-7-8-19-16-20(27)10-12-22(19)23)18-28-33(30,31)21-11-13-25(32-3)24(17-21)29-14-5-4-6-15-29/h7-13,16-17,28H,4-6,14-15,18H2,1-3H3. The largest absolute Gasteiger partial charge is 0.495 e. The minimum absolute atomic E-state index is 0.205. The highest BCUT2D eigenvalue weighted by atomic mass is 32.2. The van der Waals surface area contributed by atoms with E-state index in [0.29, 0.717) is 5.75 Å². The molecule has 0 spiro atoms. The molecule has 0 unspecified atom stereocenters. The van der Waals surface area contributed by atoms with Gasteiger partial charge in [0.2, 0.25) is 10.0 Å². The lowest BCUT2D eigenvalue weighted by Gasteiger charge is -2.30. The van der Waals surface area contributed by atoms with Crippen LogP contribution in [-0.2, 0) is 15.4 Å². The summed E-state index contributed by atoms with van der Waals surface area (Å²) < 4.78 is 48.4. The first kappa shape index (κ1) is 23.5. The van der Waals surface area contributed by atoms with Gasteiger partial charge in [0.05, 0.1) is 17.7 Å². The molecule has 0 aromatic heterocycles. The molecular formula is C26H31FN2O3S. The summed E-state index contributed by atoms with van der Waals surface area (Å²) in [7, 11) is -2.13. The monoisotopic (exact) mass is 470 g/mol. The fraction of sp³-hybridized carbons (Fsp3) is 0.385. The number of hydrogen-bond donors (Lipinski definition) is 1. The Morgan fingerprint density at radius 2 is 1.79 bits per heavy atom. The van der Waals surface area contributed by atoms with Crippen molar-refractivity contribution in [1.82, 2.24) is 4.72 Å². The second-order valence-corrected chi connectivity index (χ2v) is 11.0. The quantitative estimate of drug-likeness (QED) is 0.513. The Balaban J connectivity index is 1.59. The van der Waals surface area contributed by atoms with E-state index in [-0.39, 0.29) is 17.3 Å². The molecule has 5 nitrogen and oxygen atoms in total. The van der Waals surface area contributed by atoms with Crippen molar-refractivity contribution in [3.05, 3.63) is 66.0 Å². The van der Waals surface area contributed by atoms with Gasteiger partial charge in [0.25, 0.3) is 0 Å². The van der Waals surface area contributed by atoms with Gasteiger partial charge in [-0.15, -0.1) is 0 Å². The van der Waals surface area contributed by atoms with Crippen LogP contribution in [0.15, 0.2) is 59.5 Å². The van der Waals surface area contributed by atoms with E-state index in [1.807, 2.05) is 32.0 Å². The molecule has 1 heterocycles. The van der Waals surface area contributed by atoms with Crippen molar-refractivity contribution in [2.45, 2.75) is 43.4 Å². The molecule has 0 atom stereocenters.